The SMILES string of the molecule is CCCc1nccn1-c1cc(=O)[nH]c(C)n1. The quantitative estimate of drug-likeness (QED) is 0.842. The number of aryl methyl sites for hydroxylation is 2. The molecule has 0 bridgehead atoms. The largest absolute Gasteiger partial charge is 0.311 e. The highest BCUT2D eigenvalue weighted by molar-refractivity contribution is 5.23. The summed E-state index contributed by atoms with van der Waals surface area (Å²) >= 11 is 0. The highest BCUT2D eigenvalue weighted by Gasteiger charge is 2.06. The fourth-order valence-electron chi connectivity index (χ4n) is 1.64. The lowest BCUT2D eigenvalue weighted by Crippen LogP contribution is -2.13. The summed E-state index contributed by atoms with van der Waals surface area (Å²) in [4.78, 5) is 22.5. The van der Waals surface area contributed by atoms with Crippen LogP contribution in [0.2, 0.25) is 0 Å². The molecule has 0 unspecified atom stereocenters. The van der Waals surface area contributed by atoms with Gasteiger partial charge in [-0.15, -0.1) is 0 Å². The Bertz CT molecular complexity index is 541. The summed E-state index contributed by atoms with van der Waals surface area (Å²) in [6, 6.07) is 1.48. The molecule has 2 rings (SSSR count). The van der Waals surface area contributed by atoms with Crippen molar-refractivity contribution in [3.05, 3.63) is 40.5 Å². The summed E-state index contributed by atoms with van der Waals surface area (Å²) in [6.45, 7) is 3.86. The molecular formula is C11H14N4O. The van der Waals surface area contributed by atoms with Crippen LogP contribution < -0.4 is 5.56 Å². The van der Waals surface area contributed by atoms with Crippen LogP contribution in [0.15, 0.2) is 23.3 Å². The average molecular weight is 218 g/mol. The number of imidazole rings is 1. The first kappa shape index (κ1) is 10.6. The molecule has 1 N–H and O–H groups in total. The topological polar surface area (TPSA) is 63.6 Å². The van der Waals surface area contributed by atoms with E-state index in [0.717, 1.165) is 18.7 Å². The smallest absolute Gasteiger partial charge is 0.253 e. The summed E-state index contributed by atoms with van der Waals surface area (Å²) in [6.07, 6.45) is 5.44. The van der Waals surface area contributed by atoms with Crippen LogP contribution >= 0.6 is 0 Å². The second kappa shape index (κ2) is 4.30. The van der Waals surface area contributed by atoms with Crippen molar-refractivity contribution >= 4 is 0 Å². The summed E-state index contributed by atoms with van der Waals surface area (Å²) in [5.41, 5.74) is -0.140. The Kier molecular flexibility index (Phi) is 2.85. The number of nitrogens with zero attached hydrogens (tertiary/aromatic N) is 3. The molecule has 0 amide bonds. The van der Waals surface area contributed by atoms with Crippen LogP contribution in [0.1, 0.15) is 25.0 Å². The van der Waals surface area contributed by atoms with E-state index in [-0.39, 0.29) is 5.56 Å². The summed E-state index contributed by atoms with van der Waals surface area (Å²) in [5.74, 6) is 2.17. The van der Waals surface area contributed by atoms with Gasteiger partial charge < -0.3 is 4.98 Å². The molecule has 16 heavy (non-hydrogen) atoms. The van der Waals surface area contributed by atoms with Gasteiger partial charge >= 0.3 is 0 Å². The molecule has 0 aliphatic carbocycles. The van der Waals surface area contributed by atoms with Gasteiger partial charge in [0, 0.05) is 24.9 Å². The van der Waals surface area contributed by atoms with Gasteiger partial charge in [-0.25, -0.2) is 9.97 Å². The number of nitrogens with one attached hydrogen (secondary N) is 1. The molecule has 5 heteroatoms. The zero-order valence-electron chi connectivity index (χ0n) is 9.40. The lowest BCUT2D eigenvalue weighted by molar-refractivity contribution is 0.790. The normalized spacial score (nSPS) is 10.6. The van der Waals surface area contributed by atoms with Crippen molar-refractivity contribution in [2.75, 3.05) is 0 Å². The van der Waals surface area contributed by atoms with Gasteiger partial charge in [-0.2, -0.15) is 0 Å². The van der Waals surface area contributed by atoms with Gasteiger partial charge in [-0.3, -0.25) is 9.36 Å². The minimum atomic E-state index is -0.140. The van der Waals surface area contributed by atoms with Gasteiger partial charge in [0.2, 0.25) is 0 Å². The van der Waals surface area contributed by atoms with Gasteiger partial charge in [0.25, 0.3) is 5.56 Å². The lowest BCUT2D eigenvalue weighted by atomic mass is 10.3. The van der Waals surface area contributed by atoms with Crippen LogP contribution in [-0.2, 0) is 6.42 Å². The van der Waals surface area contributed by atoms with E-state index >= 15 is 0 Å². The fourth-order valence-corrected chi connectivity index (χ4v) is 1.64. The van der Waals surface area contributed by atoms with E-state index in [0.29, 0.717) is 11.6 Å². The zero-order valence-corrected chi connectivity index (χ0v) is 9.40. The molecule has 2 aromatic rings. The molecule has 5 nitrogen and oxygen atoms in total. The Morgan fingerprint density at radius 2 is 2.31 bits per heavy atom. The summed E-state index contributed by atoms with van der Waals surface area (Å²) < 4.78 is 1.85. The third-order valence-corrected chi connectivity index (χ3v) is 2.28. The Balaban J connectivity index is 2.49. The summed E-state index contributed by atoms with van der Waals surface area (Å²) in [7, 11) is 0. The molecule has 0 fully saturated rings. The Labute approximate surface area is 93.2 Å². The second-order valence-corrected chi connectivity index (χ2v) is 3.65. The number of H-pyrrole nitrogens is 1. The second-order valence-electron chi connectivity index (χ2n) is 3.65. The molecule has 0 aliphatic rings. The molecule has 0 spiro atoms. The highest BCUT2D eigenvalue weighted by Crippen LogP contribution is 2.07. The van der Waals surface area contributed by atoms with Crippen LogP contribution in [0, 0.1) is 6.92 Å². The summed E-state index contributed by atoms with van der Waals surface area (Å²) in [5, 5.41) is 0. The number of aromatic amines is 1. The number of rotatable bonds is 3. The third-order valence-electron chi connectivity index (χ3n) is 2.28. The van der Waals surface area contributed by atoms with Gasteiger partial charge in [0.15, 0.2) is 0 Å². The number of hydrogen-bond acceptors (Lipinski definition) is 3. The van der Waals surface area contributed by atoms with Crippen molar-refractivity contribution in [2.45, 2.75) is 26.7 Å². The van der Waals surface area contributed by atoms with Crippen molar-refractivity contribution < 1.29 is 0 Å². The number of aromatic nitrogens is 4. The maximum absolute atomic E-state index is 11.3. The van der Waals surface area contributed by atoms with Gasteiger partial charge in [0.1, 0.15) is 17.5 Å². The molecule has 84 valence electrons. The Hall–Kier alpha value is -1.91. The van der Waals surface area contributed by atoms with Crippen molar-refractivity contribution in [1.82, 2.24) is 19.5 Å². The van der Waals surface area contributed by atoms with E-state index in [1.54, 1.807) is 13.1 Å². The molecule has 0 radical (unpaired) electrons. The molecule has 0 saturated carbocycles. The molecule has 0 atom stereocenters. The van der Waals surface area contributed by atoms with Crippen molar-refractivity contribution in [3.8, 4) is 5.82 Å². The molecule has 0 aliphatic heterocycles. The third kappa shape index (κ3) is 2.03. The van der Waals surface area contributed by atoms with Gasteiger partial charge in [-0.1, -0.05) is 6.92 Å². The van der Waals surface area contributed by atoms with Crippen LogP contribution in [-0.4, -0.2) is 19.5 Å². The maximum atomic E-state index is 11.3. The Morgan fingerprint density at radius 3 is 3.00 bits per heavy atom. The first-order valence-electron chi connectivity index (χ1n) is 5.31. The van der Waals surface area contributed by atoms with Crippen molar-refractivity contribution in [3.63, 3.8) is 0 Å². The molecule has 2 heterocycles. The fraction of sp³-hybridized carbons (Fsp3) is 0.364. The van der Waals surface area contributed by atoms with Gasteiger partial charge in [-0.05, 0) is 13.3 Å². The molecular weight excluding hydrogens is 204 g/mol. The molecule has 2 aromatic heterocycles. The zero-order chi connectivity index (χ0) is 11.5. The average Bonchev–Trinajstić information content (AvgIpc) is 2.65. The lowest BCUT2D eigenvalue weighted by Gasteiger charge is -2.06. The Morgan fingerprint density at radius 1 is 1.50 bits per heavy atom. The van der Waals surface area contributed by atoms with Crippen LogP contribution in [0.3, 0.4) is 0 Å². The number of hydrogen-bond donors (Lipinski definition) is 1. The predicted molar refractivity (Wildman–Crippen MR) is 60.7 cm³/mol. The van der Waals surface area contributed by atoms with Crippen LogP contribution in [0.25, 0.3) is 5.82 Å². The van der Waals surface area contributed by atoms with Crippen LogP contribution in [0.4, 0.5) is 0 Å². The minimum Gasteiger partial charge on any atom is -0.311 e. The first-order valence-corrected chi connectivity index (χ1v) is 5.31. The first-order chi connectivity index (χ1) is 7.70. The van der Waals surface area contributed by atoms with E-state index in [1.165, 1.54) is 6.07 Å². The van der Waals surface area contributed by atoms with E-state index in [2.05, 4.69) is 21.9 Å². The monoisotopic (exact) mass is 218 g/mol. The van der Waals surface area contributed by atoms with Gasteiger partial charge in [0.05, 0.1) is 0 Å². The highest BCUT2D eigenvalue weighted by atomic mass is 16.1. The predicted octanol–water partition coefficient (Wildman–Crippen LogP) is 1.22. The van der Waals surface area contributed by atoms with Crippen molar-refractivity contribution in [2.24, 2.45) is 0 Å². The minimum absolute atomic E-state index is 0.140. The maximum Gasteiger partial charge on any atom is 0.253 e. The van der Waals surface area contributed by atoms with Crippen molar-refractivity contribution in [1.29, 1.82) is 0 Å². The molecule has 0 saturated heterocycles. The van der Waals surface area contributed by atoms with Crippen LogP contribution in [0.5, 0.6) is 0 Å². The van der Waals surface area contributed by atoms with E-state index in [4.69, 9.17) is 0 Å². The standard InChI is InChI=1S/C11H14N4O/c1-3-4-9-12-5-6-15(9)10-7-11(16)14-8(2)13-10/h5-7H,3-4H2,1-2H3,(H,13,14,16). The van der Waals surface area contributed by atoms with E-state index < -0.39 is 0 Å². The van der Waals surface area contributed by atoms with E-state index in [9.17, 15) is 4.79 Å². The molecule has 0 aromatic carbocycles. The van der Waals surface area contributed by atoms with E-state index in [1.807, 2.05) is 10.8 Å².